The molecule has 0 radical (unpaired) electrons. The van der Waals surface area contributed by atoms with Crippen LogP contribution >= 0.6 is 0 Å². The number of rotatable bonds is 8. The predicted octanol–water partition coefficient (Wildman–Crippen LogP) is 3.63. The number of unbranched alkanes of at least 4 members (excludes halogenated alkanes) is 2. The quantitative estimate of drug-likeness (QED) is 0.756. The van der Waals surface area contributed by atoms with Gasteiger partial charge in [0.25, 0.3) is 0 Å². The molecule has 2 atom stereocenters. The summed E-state index contributed by atoms with van der Waals surface area (Å²) >= 11 is 0. The van der Waals surface area contributed by atoms with Gasteiger partial charge < -0.3 is 9.73 Å². The van der Waals surface area contributed by atoms with Crippen LogP contribution in [0.15, 0.2) is 34.7 Å². The van der Waals surface area contributed by atoms with Crippen molar-refractivity contribution in [1.82, 2.24) is 5.32 Å². The Kier molecular flexibility index (Phi) is 5.80. The van der Waals surface area contributed by atoms with Crippen molar-refractivity contribution < 1.29 is 8.63 Å². The SMILES string of the molecule is CCCCCS(=O)CC(NC)c1cc2ccccc2o1. The van der Waals surface area contributed by atoms with E-state index in [1.165, 1.54) is 0 Å². The average molecular weight is 293 g/mol. The predicted molar refractivity (Wildman–Crippen MR) is 85.4 cm³/mol. The summed E-state index contributed by atoms with van der Waals surface area (Å²) in [6.07, 6.45) is 3.36. The van der Waals surface area contributed by atoms with E-state index in [-0.39, 0.29) is 6.04 Å². The second-order valence-electron chi connectivity index (χ2n) is 5.05. The number of furan rings is 1. The van der Waals surface area contributed by atoms with Gasteiger partial charge in [-0.3, -0.25) is 4.21 Å². The topological polar surface area (TPSA) is 42.2 Å². The highest BCUT2D eigenvalue weighted by atomic mass is 32.2. The summed E-state index contributed by atoms with van der Waals surface area (Å²) in [5, 5.41) is 4.31. The fourth-order valence-electron chi connectivity index (χ4n) is 2.26. The summed E-state index contributed by atoms with van der Waals surface area (Å²) in [5.74, 6) is 2.27. The first-order chi connectivity index (χ1) is 9.74. The first-order valence-electron chi connectivity index (χ1n) is 7.25. The van der Waals surface area contributed by atoms with Gasteiger partial charge >= 0.3 is 0 Å². The minimum Gasteiger partial charge on any atom is -0.459 e. The molecule has 0 saturated carbocycles. The molecule has 0 aliphatic rings. The standard InChI is InChI=1S/C16H23NO2S/c1-3-4-7-10-20(18)12-14(17-2)16-11-13-8-5-6-9-15(13)19-16/h5-6,8-9,11,14,17H,3-4,7,10,12H2,1-2H3. The van der Waals surface area contributed by atoms with Crippen LogP contribution in [0.4, 0.5) is 0 Å². The Morgan fingerprint density at radius 1 is 1.30 bits per heavy atom. The first kappa shape index (κ1) is 15.3. The van der Waals surface area contributed by atoms with Gasteiger partial charge in [-0.1, -0.05) is 38.0 Å². The molecule has 2 unspecified atom stereocenters. The average Bonchev–Trinajstić information content (AvgIpc) is 2.88. The second kappa shape index (κ2) is 7.60. The van der Waals surface area contributed by atoms with Gasteiger partial charge in [-0.25, -0.2) is 0 Å². The van der Waals surface area contributed by atoms with E-state index < -0.39 is 10.8 Å². The molecule has 0 aliphatic heterocycles. The van der Waals surface area contributed by atoms with Gasteiger partial charge in [0.05, 0.1) is 6.04 Å². The third-order valence-electron chi connectivity index (χ3n) is 3.46. The third-order valence-corrected chi connectivity index (χ3v) is 4.91. The lowest BCUT2D eigenvalue weighted by Gasteiger charge is -2.13. The fraction of sp³-hybridized carbons (Fsp3) is 0.500. The van der Waals surface area contributed by atoms with Crippen LogP contribution in [0.1, 0.15) is 38.0 Å². The zero-order valence-corrected chi connectivity index (χ0v) is 13.0. The van der Waals surface area contributed by atoms with Gasteiger partial charge in [-0.2, -0.15) is 0 Å². The highest BCUT2D eigenvalue weighted by Gasteiger charge is 2.17. The molecule has 0 fully saturated rings. The van der Waals surface area contributed by atoms with E-state index in [2.05, 4.69) is 12.2 Å². The van der Waals surface area contributed by atoms with Crippen molar-refractivity contribution in [2.75, 3.05) is 18.6 Å². The molecule has 1 aromatic carbocycles. The molecule has 2 rings (SSSR count). The number of hydrogen-bond acceptors (Lipinski definition) is 3. The number of para-hydroxylation sites is 1. The van der Waals surface area contributed by atoms with E-state index in [4.69, 9.17) is 4.42 Å². The number of nitrogens with one attached hydrogen (secondary N) is 1. The maximum atomic E-state index is 12.1. The zero-order chi connectivity index (χ0) is 14.4. The Morgan fingerprint density at radius 2 is 2.10 bits per heavy atom. The lowest BCUT2D eigenvalue weighted by Crippen LogP contribution is -2.23. The molecule has 1 N–H and O–H groups in total. The van der Waals surface area contributed by atoms with Crippen LogP contribution in [0.3, 0.4) is 0 Å². The van der Waals surface area contributed by atoms with Gasteiger partial charge in [0, 0.05) is 27.7 Å². The van der Waals surface area contributed by atoms with Crippen LogP contribution < -0.4 is 5.32 Å². The van der Waals surface area contributed by atoms with E-state index in [0.717, 1.165) is 41.7 Å². The van der Waals surface area contributed by atoms with Gasteiger partial charge in [0.2, 0.25) is 0 Å². The molecule has 3 nitrogen and oxygen atoms in total. The Bertz CT molecular complexity index is 531. The van der Waals surface area contributed by atoms with Gasteiger partial charge in [0.1, 0.15) is 11.3 Å². The Hall–Kier alpha value is -1.13. The number of fused-ring (bicyclic) bond motifs is 1. The third kappa shape index (κ3) is 3.93. The van der Waals surface area contributed by atoms with Crippen molar-refractivity contribution in [1.29, 1.82) is 0 Å². The molecular formula is C16H23NO2S. The Morgan fingerprint density at radius 3 is 2.80 bits per heavy atom. The minimum atomic E-state index is -0.796. The van der Waals surface area contributed by atoms with Crippen LogP contribution in [0.2, 0.25) is 0 Å². The van der Waals surface area contributed by atoms with Gasteiger partial charge in [0.15, 0.2) is 0 Å². The lowest BCUT2D eigenvalue weighted by atomic mass is 10.2. The molecule has 110 valence electrons. The molecule has 2 aromatic rings. The molecule has 20 heavy (non-hydrogen) atoms. The van der Waals surface area contributed by atoms with Crippen LogP contribution in [0, 0.1) is 0 Å². The van der Waals surface area contributed by atoms with E-state index in [9.17, 15) is 4.21 Å². The summed E-state index contributed by atoms with van der Waals surface area (Å²) in [6, 6.07) is 10.0. The fourth-order valence-corrected chi connectivity index (χ4v) is 3.66. The molecule has 1 heterocycles. The van der Waals surface area contributed by atoms with Crippen molar-refractivity contribution >= 4 is 21.8 Å². The monoisotopic (exact) mass is 293 g/mol. The smallest absolute Gasteiger partial charge is 0.134 e. The van der Waals surface area contributed by atoms with Gasteiger partial charge in [-0.05, 0) is 25.6 Å². The zero-order valence-electron chi connectivity index (χ0n) is 12.2. The molecule has 0 amide bonds. The molecule has 4 heteroatoms. The molecule has 0 saturated heterocycles. The Labute approximate surface area is 123 Å². The highest BCUT2D eigenvalue weighted by molar-refractivity contribution is 7.85. The molecule has 0 spiro atoms. The minimum absolute atomic E-state index is 0.0184. The summed E-state index contributed by atoms with van der Waals surface area (Å²) in [7, 11) is 1.09. The van der Waals surface area contributed by atoms with E-state index in [1.54, 1.807) is 0 Å². The maximum absolute atomic E-state index is 12.1. The van der Waals surface area contributed by atoms with Crippen molar-refractivity contribution in [3.63, 3.8) is 0 Å². The molecular weight excluding hydrogens is 270 g/mol. The van der Waals surface area contributed by atoms with Crippen molar-refractivity contribution in [2.24, 2.45) is 0 Å². The second-order valence-corrected chi connectivity index (χ2v) is 6.67. The maximum Gasteiger partial charge on any atom is 0.134 e. The number of benzene rings is 1. The van der Waals surface area contributed by atoms with E-state index >= 15 is 0 Å². The largest absolute Gasteiger partial charge is 0.459 e. The summed E-state index contributed by atoms with van der Waals surface area (Å²) < 4.78 is 18.0. The Balaban J connectivity index is 2.02. The normalized spacial score (nSPS) is 14.5. The highest BCUT2D eigenvalue weighted by Crippen LogP contribution is 2.24. The molecule has 0 aliphatic carbocycles. The summed E-state index contributed by atoms with van der Waals surface area (Å²) in [5.41, 5.74) is 0.888. The van der Waals surface area contributed by atoms with Crippen LogP contribution in [-0.4, -0.2) is 22.8 Å². The molecule has 0 bridgehead atoms. The summed E-state index contributed by atoms with van der Waals surface area (Å²) in [6.45, 7) is 2.16. The number of hydrogen-bond donors (Lipinski definition) is 1. The van der Waals surface area contributed by atoms with Gasteiger partial charge in [-0.15, -0.1) is 0 Å². The van der Waals surface area contributed by atoms with Crippen LogP contribution in [-0.2, 0) is 10.8 Å². The molecule has 1 aromatic heterocycles. The van der Waals surface area contributed by atoms with Crippen LogP contribution in [0.5, 0.6) is 0 Å². The van der Waals surface area contributed by atoms with E-state index in [1.807, 2.05) is 37.4 Å². The summed E-state index contributed by atoms with van der Waals surface area (Å²) in [4.78, 5) is 0. The first-order valence-corrected chi connectivity index (χ1v) is 8.74. The van der Waals surface area contributed by atoms with Crippen molar-refractivity contribution in [3.05, 3.63) is 36.1 Å². The van der Waals surface area contributed by atoms with Crippen molar-refractivity contribution in [2.45, 2.75) is 32.2 Å². The van der Waals surface area contributed by atoms with Crippen molar-refractivity contribution in [3.8, 4) is 0 Å². The van der Waals surface area contributed by atoms with Crippen LogP contribution in [0.25, 0.3) is 11.0 Å². The van der Waals surface area contributed by atoms with E-state index in [0.29, 0.717) is 5.75 Å². The lowest BCUT2D eigenvalue weighted by molar-refractivity contribution is 0.476.